The van der Waals surface area contributed by atoms with Crippen LogP contribution >= 0.6 is 0 Å². The van der Waals surface area contributed by atoms with Gasteiger partial charge in [-0.3, -0.25) is 4.79 Å². The number of carbonyl (C=O) groups excluding carboxylic acids is 1. The Hall–Kier alpha value is -7.24. The van der Waals surface area contributed by atoms with Gasteiger partial charge in [-0.15, -0.1) is 0 Å². The predicted octanol–water partition coefficient (Wildman–Crippen LogP) is 13.7. The van der Waals surface area contributed by atoms with E-state index in [1.54, 1.807) is 0 Å². The van der Waals surface area contributed by atoms with Crippen molar-refractivity contribution in [2.24, 2.45) is 5.92 Å². The summed E-state index contributed by atoms with van der Waals surface area (Å²) < 4.78 is 55.8. The van der Waals surface area contributed by atoms with Crippen molar-refractivity contribution in [2.45, 2.75) is 102 Å². The summed E-state index contributed by atoms with van der Waals surface area (Å²) in [6.07, 6.45) is -0.200. The first-order valence-corrected chi connectivity index (χ1v) is 26.6. The Morgan fingerprint density at radius 3 is 1.54 bits per heavy atom. The molecule has 2 aliphatic heterocycles. The summed E-state index contributed by atoms with van der Waals surface area (Å²) in [5, 5.41) is 0. The highest BCUT2D eigenvalue weighted by Gasteiger charge is 2.51. The van der Waals surface area contributed by atoms with E-state index in [1.165, 1.54) is 12.1 Å². The van der Waals surface area contributed by atoms with Crippen molar-refractivity contribution in [1.29, 1.82) is 0 Å². The number of hydrogen-bond acceptors (Lipinski definition) is 7. The molecule has 2 saturated heterocycles. The van der Waals surface area contributed by atoms with E-state index in [0.717, 1.165) is 68.6 Å². The topological polar surface area (TPSA) is 75.7 Å². The summed E-state index contributed by atoms with van der Waals surface area (Å²) in [4.78, 5) is 16.4. The first-order valence-electron chi connectivity index (χ1n) is 26.6. The molecule has 0 radical (unpaired) electrons. The van der Waals surface area contributed by atoms with Gasteiger partial charge in [0.05, 0.1) is 51.1 Å². The number of halogens is 1. The second kappa shape index (κ2) is 26.0. The normalized spacial score (nSPS) is 20.3. The maximum atomic E-state index is 14.4. The van der Waals surface area contributed by atoms with Gasteiger partial charge in [0.25, 0.3) is 0 Å². The Morgan fingerprint density at radius 1 is 0.500 bits per heavy atom. The number of anilines is 1. The maximum Gasteiger partial charge on any atom is 0.233 e. The number of hydrogen-bond donors (Lipinski definition) is 0. The van der Waals surface area contributed by atoms with E-state index in [-0.39, 0.29) is 30.3 Å². The number of rotatable bonds is 24. The van der Waals surface area contributed by atoms with Crippen LogP contribution in [0.15, 0.2) is 218 Å². The van der Waals surface area contributed by atoms with Gasteiger partial charge in [0.15, 0.2) is 0 Å². The molecule has 8 aromatic rings. The van der Waals surface area contributed by atoms with E-state index in [0.29, 0.717) is 51.6 Å². The quantitative estimate of drug-likeness (QED) is 0.0558. The van der Waals surface area contributed by atoms with Gasteiger partial charge >= 0.3 is 0 Å². The van der Waals surface area contributed by atoms with Crippen LogP contribution in [0.1, 0.15) is 69.0 Å². The second-order valence-corrected chi connectivity index (χ2v) is 20.0. The number of β-lactam (4-membered cyclic amide) rings is 1. The van der Waals surface area contributed by atoms with Gasteiger partial charge in [0.1, 0.15) is 42.6 Å². The molecular weight excluding hydrogens is 950 g/mol. The van der Waals surface area contributed by atoms with Crippen LogP contribution in [0.2, 0.25) is 0 Å². The van der Waals surface area contributed by atoms with Crippen molar-refractivity contribution in [2.75, 3.05) is 11.5 Å². The van der Waals surface area contributed by atoms with Crippen LogP contribution in [0.5, 0.6) is 5.75 Å². The molecule has 9 heteroatoms. The van der Waals surface area contributed by atoms with E-state index >= 15 is 0 Å². The molecule has 0 saturated carbocycles. The number of amides is 1. The Balaban J connectivity index is 1.01. The molecule has 2 fully saturated rings. The molecule has 388 valence electrons. The molecule has 1 amide bonds. The molecule has 0 aromatic heterocycles. The van der Waals surface area contributed by atoms with Crippen LogP contribution in [-0.2, 0) is 74.4 Å². The van der Waals surface area contributed by atoms with Gasteiger partial charge in [-0.1, -0.05) is 194 Å². The van der Waals surface area contributed by atoms with Crippen molar-refractivity contribution in [3.05, 3.63) is 274 Å². The molecule has 2 unspecified atom stereocenters. The SMILES string of the molecule is Cc1ccc(N2C(=O)[C@H](CCCc3ccc(F)cc3)[C@H]2c2ccc(C[C@@H]3OC(COCc4ccccc4)[C@@H](OCc4ccccc4)[C@@H](OCc4ccccc4)C3OCc3ccccc3)cc2OCc2ccccc2)cc1. The van der Waals surface area contributed by atoms with Crippen molar-refractivity contribution in [1.82, 2.24) is 0 Å². The highest BCUT2D eigenvalue weighted by molar-refractivity contribution is 6.03. The minimum absolute atomic E-state index is 0.0752. The molecular formula is C67H66FNO7. The average molecular weight is 1020 g/mol. The zero-order valence-corrected chi connectivity index (χ0v) is 43.1. The molecule has 2 aliphatic rings. The molecule has 8 aromatic carbocycles. The number of ether oxygens (including phenoxy) is 6. The zero-order valence-electron chi connectivity index (χ0n) is 43.1. The first kappa shape index (κ1) is 52.2. The van der Waals surface area contributed by atoms with Gasteiger partial charge in [-0.05, 0) is 95.5 Å². The summed E-state index contributed by atoms with van der Waals surface area (Å²) >= 11 is 0. The summed E-state index contributed by atoms with van der Waals surface area (Å²) in [5.74, 6) is 0.215. The van der Waals surface area contributed by atoms with Crippen molar-refractivity contribution < 1.29 is 37.6 Å². The van der Waals surface area contributed by atoms with Crippen molar-refractivity contribution in [3.63, 3.8) is 0 Å². The molecule has 0 N–H and O–H groups in total. The van der Waals surface area contributed by atoms with Crippen LogP contribution in [0, 0.1) is 18.7 Å². The van der Waals surface area contributed by atoms with Crippen LogP contribution in [-0.4, -0.2) is 43.0 Å². The number of aryl methyl sites for hydroxylation is 2. The lowest BCUT2D eigenvalue weighted by Gasteiger charge is -2.48. The first-order chi connectivity index (χ1) is 37.4. The van der Waals surface area contributed by atoms with Crippen molar-refractivity contribution in [3.8, 4) is 5.75 Å². The van der Waals surface area contributed by atoms with Crippen LogP contribution in [0.4, 0.5) is 10.1 Å². The third kappa shape index (κ3) is 13.6. The monoisotopic (exact) mass is 1020 g/mol. The van der Waals surface area contributed by atoms with Gasteiger partial charge < -0.3 is 33.3 Å². The zero-order chi connectivity index (χ0) is 51.9. The van der Waals surface area contributed by atoms with Crippen LogP contribution in [0.25, 0.3) is 0 Å². The van der Waals surface area contributed by atoms with E-state index in [2.05, 4.69) is 85.8 Å². The Morgan fingerprint density at radius 2 is 0.987 bits per heavy atom. The van der Waals surface area contributed by atoms with E-state index in [4.69, 9.17) is 28.4 Å². The van der Waals surface area contributed by atoms with E-state index in [1.807, 2.05) is 132 Å². The number of carbonyl (C=O) groups is 1. The summed E-state index contributed by atoms with van der Waals surface area (Å²) in [6, 6.07) is 71.7. The molecule has 8 nitrogen and oxygen atoms in total. The predicted molar refractivity (Wildman–Crippen MR) is 295 cm³/mol. The molecule has 7 atom stereocenters. The highest BCUT2D eigenvalue weighted by Crippen LogP contribution is 2.49. The number of benzene rings is 8. The lowest BCUT2D eigenvalue weighted by atomic mass is 9.77. The highest BCUT2D eigenvalue weighted by atomic mass is 19.1. The fraction of sp³-hybridized carbons (Fsp3) is 0.269. The standard InChI is InChI=1S/C67H66FNO7/c1-48-30-37-57(38-31-48)69-63(59(67(69)70)29-17-28-49-32-35-56(68)36-33-49)58-39-34-55(40-60(58)72-43-51-20-9-3-10-21-51)41-61-64(73-44-52-22-11-4-12-23-52)66(75-46-54-26-15-6-16-27-54)65(74-45-53-24-13-5-14-25-53)62(76-61)47-71-42-50-18-7-2-8-19-50/h2-16,18-27,30-40,59,61-66H,17,28-29,41-47H2,1H3/t59-,61+,62?,63-,64?,65-,66+/m1/s1. The summed E-state index contributed by atoms with van der Waals surface area (Å²) in [6.45, 7) is 4.03. The summed E-state index contributed by atoms with van der Waals surface area (Å²) in [7, 11) is 0. The lowest BCUT2D eigenvalue weighted by molar-refractivity contribution is -0.272. The Labute approximate surface area is 447 Å². The smallest absolute Gasteiger partial charge is 0.233 e. The molecule has 0 aliphatic carbocycles. The minimum Gasteiger partial charge on any atom is -0.489 e. The van der Waals surface area contributed by atoms with Crippen LogP contribution < -0.4 is 9.64 Å². The van der Waals surface area contributed by atoms with Gasteiger partial charge in [0.2, 0.25) is 5.91 Å². The molecule has 0 spiro atoms. The fourth-order valence-electron chi connectivity index (χ4n) is 10.4. The van der Waals surface area contributed by atoms with E-state index < -0.39 is 30.5 Å². The summed E-state index contributed by atoms with van der Waals surface area (Å²) in [5.41, 5.74) is 10.1. The largest absolute Gasteiger partial charge is 0.489 e. The Kier molecular flexibility index (Phi) is 17.9. The minimum atomic E-state index is -0.588. The van der Waals surface area contributed by atoms with Gasteiger partial charge in [-0.25, -0.2) is 4.39 Å². The maximum absolute atomic E-state index is 14.4. The number of nitrogens with zero attached hydrogens (tertiary/aromatic N) is 1. The third-order valence-electron chi connectivity index (χ3n) is 14.5. The average Bonchev–Trinajstić information content (AvgIpc) is 3.56. The van der Waals surface area contributed by atoms with Crippen molar-refractivity contribution >= 4 is 11.6 Å². The lowest BCUT2D eigenvalue weighted by Crippen LogP contribution is -2.61. The fourth-order valence-corrected chi connectivity index (χ4v) is 10.4. The molecule has 0 bridgehead atoms. The molecule has 2 heterocycles. The third-order valence-corrected chi connectivity index (χ3v) is 14.5. The van der Waals surface area contributed by atoms with Crippen LogP contribution in [0.3, 0.4) is 0 Å². The Bertz CT molecular complexity index is 3020. The van der Waals surface area contributed by atoms with E-state index in [9.17, 15) is 9.18 Å². The second-order valence-electron chi connectivity index (χ2n) is 20.0. The van der Waals surface area contributed by atoms with Gasteiger partial charge in [-0.2, -0.15) is 0 Å². The molecule has 10 rings (SSSR count). The van der Waals surface area contributed by atoms with Gasteiger partial charge in [0, 0.05) is 17.7 Å². The molecule has 76 heavy (non-hydrogen) atoms.